The number of hydrogen-bond acceptors (Lipinski definition) is 4. The predicted molar refractivity (Wildman–Crippen MR) is 111 cm³/mol. The Morgan fingerprint density at radius 3 is 2.85 bits per heavy atom. The molecule has 0 atom stereocenters. The number of piperazine rings is 1. The van der Waals surface area contributed by atoms with Gasteiger partial charge in [-0.25, -0.2) is 4.79 Å². The molecule has 1 saturated heterocycles. The third kappa shape index (κ3) is 7.29. The van der Waals surface area contributed by atoms with Crippen LogP contribution in [-0.4, -0.2) is 50.3 Å². The Kier molecular flexibility index (Phi) is 8.61. The Labute approximate surface area is 162 Å². The standard InChI is InChI=1S/C21H30N4O2/c1-4-6-18(7-5-2)23-21(26)24-19-9-8-17(3)20(16-19)27-15-14-25-12-10-22-11-13-25/h4-9,16,22H,1,10-15H2,2-3H3,(H2,23,24,26)/b7-5-,18-6+. The molecule has 0 aliphatic carbocycles. The minimum Gasteiger partial charge on any atom is -0.492 e. The van der Waals surface area contributed by atoms with Crippen LogP contribution in [0.1, 0.15) is 12.5 Å². The summed E-state index contributed by atoms with van der Waals surface area (Å²) in [4.78, 5) is 14.6. The number of aryl methyl sites for hydroxylation is 1. The summed E-state index contributed by atoms with van der Waals surface area (Å²) in [6, 6.07) is 5.36. The maximum absolute atomic E-state index is 12.2. The molecular weight excluding hydrogens is 340 g/mol. The van der Waals surface area contributed by atoms with Gasteiger partial charge in [-0.2, -0.15) is 0 Å². The van der Waals surface area contributed by atoms with E-state index in [1.54, 1.807) is 18.2 Å². The van der Waals surface area contributed by atoms with E-state index in [0.717, 1.165) is 44.0 Å². The molecular formula is C21H30N4O2. The summed E-state index contributed by atoms with van der Waals surface area (Å²) < 4.78 is 5.95. The Morgan fingerprint density at radius 1 is 1.37 bits per heavy atom. The summed E-state index contributed by atoms with van der Waals surface area (Å²) in [6.07, 6.45) is 7.03. The van der Waals surface area contributed by atoms with Gasteiger partial charge in [0.25, 0.3) is 0 Å². The van der Waals surface area contributed by atoms with Crippen molar-refractivity contribution in [2.75, 3.05) is 44.6 Å². The molecule has 1 aliphatic heterocycles. The van der Waals surface area contributed by atoms with Gasteiger partial charge in [0.15, 0.2) is 0 Å². The highest BCUT2D eigenvalue weighted by Gasteiger charge is 2.10. The van der Waals surface area contributed by atoms with Gasteiger partial charge in [0, 0.05) is 50.2 Å². The lowest BCUT2D eigenvalue weighted by Crippen LogP contribution is -2.44. The topological polar surface area (TPSA) is 65.6 Å². The molecule has 27 heavy (non-hydrogen) atoms. The van der Waals surface area contributed by atoms with Crippen LogP contribution >= 0.6 is 0 Å². The van der Waals surface area contributed by atoms with Crippen molar-refractivity contribution in [3.05, 3.63) is 60.3 Å². The molecule has 0 spiro atoms. The highest BCUT2D eigenvalue weighted by Crippen LogP contribution is 2.22. The zero-order valence-corrected chi connectivity index (χ0v) is 16.3. The van der Waals surface area contributed by atoms with Gasteiger partial charge in [-0.3, -0.25) is 4.90 Å². The van der Waals surface area contributed by atoms with Crippen molar-refractivity contribution in [1.29, 1.82) is 0 Å². The summed E-state index contributed by atoms with van der Waals surface area (Å²) in [5, 5.41) is 8.97. The Hall–Kier alpha value is -2.57. The van der Waals surface area contributed by atoms with Gasteiger partial charge in [0.2, 0.25) is 0 Å². The SMILES string of the molecule is C=C/C=C(\C=C/C)NC(=O)Nc1ccc(C)c(OCCN2CCNCC2)c1. The van der Waals surface area contributed by atoms with E-state index in [9.17, 15) is 4.79 Å². The van der Waals surface area contributed by atoms with Crippen molar-refractivity contribution in [2.45, 2.75) is 13.8 Å². The number of ether oxygens (including phenoxy) is 1. The molecule has 0 radical (unpaired) electrons. The van der Waals surface area contributed by atoms with Gasteiger partial charge in [0.1, 0.15) is 12.4 Å². The van der Waals surface area contributed by atoms with Crippen molar-refractivity contribution in [2.24, 2.45) is 0 Å². The van der Waals surface area contributed by atoms with Crippen LogP contribution in [0.25, 0.3) is 0 Å². The molecule has 0 unspecified atom stereocenters. The summed E-state index contributed by atoms with van der Waals surface area (Å²) in [5.41, 5.74) is 2.40. The molecule has 1 fully saturated rings. The van der Waals surface area contributed by atoms with E-state index in [0.29, 0.717) is 18.0 Å². The lowest BCUT2D eigenvalue weighted by Gasteiger charge is -2.27. The largest absolute Gasteiger partial charge is 0.492 e. The molecule has 3 N–H and O–H groups in total. The summed E-state index contributed by atoms with van der Waals surface area (Å²) in [7, 11) is 0. The zero-order valence-electron chi connectivity index (χ0n) is 16.3. The van der Waals surface area contributed by atoms with Crippen LogP contribution in [0.5, 0.6) is 5.75 Å². The summed E-state index contributed by atoms with van der Waals surface area (Å²) in [5.74, 6) is 0.790. The van der Waals surface area contributed by atoms with E-state index in [4.69, 9.17) is 4.74 Å². The number of anilines is 1. The van der Waals surface area contributed by atoms with Crippen LogP contribution < -0.4 is 20.7 Å². The average Bonchev–Trinajstić information content (AvgIpc) is 2.65. The van der Waals surface area contributed by atoms with Crippen LogP contribution in [0.3, 0.4) is 0 Å². The van der Waals surface area contributed by atoms with E-state index in [1.165, 1.54) is 0 Å². The van der Waals surface area contributed by atoms with E-state index in [-0.39, 0.29) is 6.03 Å². The third-order valence-corrected chi connectivity index (χ3v) is 4.22. The first-order valence-electron chi connectivity index (χ1n) is 9.32. The lowest BCUT2D eigenvalue weighted by molar-refractivity contribution is 0.191. The minimum atomic E-state index is -0.309. The van der Waals surface area contributed by atoms with Gasteiger partial charge in [-0.15, -0.1) is 0 Å². The van der Waals surface area contributed by atoms with Crippen molar-refractivity contribution in [3.63, 3.8) is 0 Å². The second kappa shape index (κ2) is 11.2. The molecule has 6 nitrogen and oxygen atoms in total. The number of amides is 2. The lowest BCUT2D eigenvalue weighted by atomic mass is 10.2. The van der Waals surface area contributed by atoms with Crippen LogP contribution in [-0.2, 0) is 0 Å². The number of nitrogens with zero attached hydrogens (tertiary/aromatic N) is 1. The molecule has 1 aromatic carbocycles. The van der Waals surface area contributed by atoms with Crippen molar-refractivity contribution >= 4 is 11.7 Å². The normalized spacial score (nSPS) is 15.6. The fourth-order valence-corrected chi connectivity index (χ4v) is 2.79. The first kappa shape index (κ1) is 20.7. The monoisotopic (exact) mass is 370 g/mol. The van der Waals surface area contributed by atoms with Gasteiger partial charge in [-0.05, 0) is 37.6 Å². The Morgan fingerprint density at radius 2 is 2.15 bits per heavy atom. The van der Waals surface area contributed by atoms with Crippen molar-refractivity contribution in [3.8, 4) is 5.75 Å². The molecule has 0 saturated carbocycles. The quantitative estimate of drug-likeness (QED) is 0.616. The second-order valence-corrected chi connectivity index (χ2v) is 6.36. The van der Waals surface area contributed by atoms with E-state index in [1.807, 2.05) is 38.1 Å². The molecule has 2 rings (SSSR count). The zero-order chi connectivity index (χ0) is 19.5. The summed E-state index contributed by atoms with van der Waals surface area (Å²) >= 11 is 0. The number of carbonyl (C=O) groups is 1. The smallest absolute Gasteiger partial charge is 0.323 e. The number of benzene rings is 1. The third-order valence-electron chi connectivity index (χ3n) is 4.22. The molecule has 1 aromatic rings. The number of urea groups is 1. The molecule has 2 amide bonds. The highest BCUT2D eigenvalue weighted by atomic mass is 16.5. The maximum Gasteiger partial charge on any atom is 0.323 e. The predicted octanol–water partition coefficient (Wildman–Crippen LogP) is 3.05. The number of nitrogens with one attached hydrogen (secondary N) is 3. The Balaban J connectivity index is 1.90. The van der Waals surface area contributed by atoms with E-state index >= 15 is 0 Å². The van der Waals surface area contributed by atoms with Crippen LogP contribution in [0, 0.1) is 6.92 Å². The molecule has 146 valence electrons. The number of carbonyl (C=O) groups excluding carboxylic acids is 1. The van der Waals surface area contributed by atoms with E-state index in [2.05, 4.69) is 27.4 Å². The van der Waals surface area contributed by atoms with Crippen LogP contribution in [0.15, 0.2) is 54.8 Å². The first-order valence-corrected chi connectivity index (χ1v) is 9.32. The van der Waals surface area contributed by atoms with Gasteiger partial charge in [0.05, 0.1) is 0 Å². The number of allylic oxidation sites excluding steroid dienone is 4. The fraction of sp³-hybridized carbons (Fsp3) is 0.381. The maximum atomic E-state index is 12.2. The molecule has 0 bridgehead atoms. The van der Waals surface area contributed by atoms with Gasteiger partial charge >= 0.3 is 6.03 Å². The molecule has 0 aromatic heterocycles. The number of rotatable bonds is 8. The molecule has 6 heteroatoms. The number of hydrogen-bond donors (Lipinski definition) is 3. The molecule has 1 heterocycles. The Bertz CT molecular complexity index is 691. The van der Waals surface area contributed by atoms with Gasteiger partial charge in [-0.1, -0.05) is 24.8 Å². The highest BCUT2D eigenvalue weighted by molar-refractivity contribution is 5.91. The van der Waals surface area contributed by atoms with Crippen LogP contribution in [0.4, 0.5) is 10.5 Å². The first-order chi connectivity index (χ1) is 13.1. The van der Waals surface area contributed by atoms with Crippen molar-refractivity contribution < 1.29 is 9.53 Å². The van der Waals surface area contributed by atoms with Crippen LogP contribution in [0.2, 0.25) is 0 Å². The summed E-state index contributed by atoms with van der Waals surface area (Å²) in [6.45, 7) is 13.2. The average molecular weight is 370 g/mol. The van der Waals surface area contributed by atoms with E-state index < -0.39 is 0 Å². The fourth-order valence-electron chi connectivity index (χ4n) is 2.79. The van der Waals surface area contributed by atoms with Gasteiger partial charge < -0.3 is 20.7 Å². The second-order valence-electron chi connectivity index (χ2n) is 6.36. The minimum absolute atomic E-state index is 0.309. The molecule has 1 aliphatic rings. The van der Waals surface area contributed by atoms with Crippen molar-refractivity contribution in [1.82, 2.24) is 15.5 Å².